The number of carboxylic acids is 1. The van der Waals surface area contributed by atoms with Gasteiger partial charge >= 0.3 is 12.0 Å². The van der Waals surface area contributed by atoms with E-state index in [2.05, 4.69) is 10.6 Å². The zero-order valence-electron chi connectivity index (χ0n) is 12.2. The van der Waals surface area contributed by atoms with Crippen molar-refractivity contribution in [3.63, 3.8) is 0 Å². The van der Waals surface area contributed by atoms with E-state index in [-0.39, 0.29) is 18.3 Å². The molecule has 7 nitrogen and oxygen atoms in total. The molecule has 3 N–H and O–H groups in total. The van der Waals surface area contributed by atoms with Gasteiger partial charge in [0.05, 0.1) is 11.5 Å². The van der Waals surface area contributed by atoms with E-state index in [0.29, 0.717) is 19.5 Å². The van der Waals surface area contributed by atoms with Gasteiger partial charge in [0, 0.05) is 20.1 Å². The smallest absolute Gasteiger partial charge is 0.321 e. The van der Waals surface area contributed by atoms with E-state index < -0.39 is 29.4 Å². The Balaban J connectivity index is 0.00000220. The number of nitrogens with zero attached hydrogens (tertiary/aromatic N) is 1. The zero-order chi connectivity index (χ0) is 14.9. The second-order valence-corrected chi connectivity index (χ2v) is 5.72. The largest absolute Gasteiger partial charge is 0.481 e. The minimum Gasteiger partial charge on any atom is -0.481 e. The van der Waals surface area contributed by atoms with E-state index in [9.17, 15) is 19.5 Å². The summed E-state index contributed by atoms with van der Waals surface area (Å²) in [6, 6.07) is -1.05. The van der Waals surface area contributed by atoms with Crippen LogP contribution in [0.1, 0.15) is 26.2 Å². The summed E-state index contributed by atoms with van der Waals surface area (Å²) in [7, 11) is 1.44. The summed E-state index contributed by atoms with van der Waals surface area (Å²) in [5.41, 5.74) is -0.707. The predicted molar refractivity (Wildman–Crippen MR) is 78.3 cm³/mol. The number of hydrogen-bond acceptors (Lipinski definition) is 4. The number of likely N-dealkylation sites (tertiary alicyclic amines) is 1. The van der Waals surface area contributed by atoms with E-state index in [1.165, 1.54) is 7.05 Å². The van der Waals surface area contributed by atoms with E-state index in [4.69, 9.17) is 0 Å². The second-order valence-electron chi connectivity index (χ2n) is 5.72. The van der Waals surface area contributed by atoms with Gasteiger partial charge < -0.3 is 10.4 Å². The Hall–Kier alpha value is -1.34. The maximum Gasteiger partial charge on any atom is 0.321 e. The Morgan fingerprint density at radius 1 is 1.38 bits per heavy atom. The van der Waals surface area contributed by atoms with E-state index >= 15 is 0 Å². The predicted octanol–water partition coefficient (Wildman–Crippen LogP) is 0.439. The van der Waals surface area contributed by atoms with Crippen molar-refractivity contribution in [2.24, 2.45) is 11.3 Å². The van der Waals surface area contributed by atoms with Gasteiger partial charge in [-0.2, -0.15) is 0 Å². The normalized spacial score (nSPS) is 29.1. The molecule has 0 aromatic carbocycles. The van der Waals surface area contributed by atoms with Gasteiger partial charge in [-0.25, -0.2) is 4.79 Å². The molecule has 2 rings (SSSR count). The molecule has 3 amide bonds. The van der Waals surface area contributed by atoms with E-state index in [1.807, 2.05) is 4.90 Å². The van der Waals surface area contributed by atoms with Crippen molar-refractivity contribution in [2.45, 2.75) is 32.2 Å². The van der Waals surface area contributed by atoms with Gasteiger partial charge in [-0.1, -0.05) is 6.42 Å². The molecule has 1 aliphatic heterocycles. The lowest BCUT2D eigenvalue weighted by Crippen LogP contribution is -2.49. The number of nitrogens with one attached hydrogen (secondary N) is 2. The molecular formula is C13H22ClN3O4. The first kappa shape index (κ1) is 17.7. The summed E-state index contributed by atoms with van der Waals surface area (Å²) in [4.78, 5) is 36.5. The molecule has 1 saturated carbocycles. The van der Waals surface area contributed by atoms with Crippen molar-refractivity contribution in [3.8, 4) is 0 Å². The fourth-order valence-electron chi connectivity index (χ4n) is 3.42. The quantitative estimate of drug-likeness (QED) is 0.701. The number of carbonyl (C=O) groups excluding carboxylic acids is 2. The van der Waals surface area contributed by atoms with Crippen molar-refractivity contribution >= 4 is 30.3 Å². The molecule has 0 aromatic rings. The number of urea groups is 1. The summed E-state index contributed by atoms with van der Waals surface area (Å²) in [6.45, 7) is 2.69. The van der Waals surface area contributed by atoms with Crippen molar-refractivity contribution in [3.05, 3.63) is 0 Å². The summed E-state index contributed by atoms with van der Waals surface area (Å²) in [5, 5.41) is 14.1. The topological polar surface area (TPSA) is 98.7 Å². The number of carbonyl (C=O) groups is 3. The molecule has 1 aliphatic carbocycles. The maximum atomic E-state index is 11.9. The second kappa shape index (κ2) is 6.62. The molecular weight excluding hydrogens is 298 g/mol. The number of hydrogen-bond donors (Lipinski definition) is 3. The van der Waals surface area contributed by atoms with E-state index in [0.717, 1.165) is 12.8 Å². The van der Waals surface area contributed by atoms with Crippen LogP contribution in [0, 0.1) is 11.3 Å². The summed E-state index contributed by atoms with van der Waals surface area (Å²) < 4.78 is 0. The Morgan fingerprint density at radius 3 is 2.57 bits per heavy atom. The zero-order valence-corrected chi connectivity index (χ0v) is 13.0. The van der Waals surface area contributed by atoms with Gasteiger partial charge in [0.1, 0.15) is 0 Å². The fraction of sp³-hybridized carbons (Fsp3) is 0.769. The van der Waals surface area contributed by atoms with Gasteiger partial charge in [-0.05, 0) is 25.7 Å². The van der Waals surface area contributed by atoms with Gasteiger partial charge in [0.2, 0.25) is 5.91 Å². The van der Waals surface area contributed by atoms with Gasteiger partial charge in [-0.15, -0.1) is 12.4 Å². The summed E-state index contributed by atoms with van der Waals surface area (Å²) in [5.74, 6) is -1.05. The summed E-state index contributed by atoms with van der Waals surface area (Å²) >= 11 is 0. The third-order valence-corrected chi connectivity index (χ3v) is 4.71. The lowest BCUT2D eigenvalue weighted by Gasteiger charge is -2.26. The highest BCUT2D eigenvalue weighted by Crippen LogP contribution is 2.49. The van der Waals surface area contributed by atoms with Crippen LogP contribution in [-0.4, -0.2) is 54.1 Å². The standard InChI is InChI=1S/C13H21N3O4.ClH/c1-8(10(17)15-12(20)14-2)16-6-9-4-3-5-13(9,7-16)11(18)19;/h8-9H,3-7H2,1-2H3,(H,18,19)(H2,14,15,17,20);1H/t8?,9-,13+;/m0./s1. The van der Waals surface area contributed by atoms with Crippen LogP contribution in [0.5, 0.6) is 0 Å². The highest BCUT2D eigenvalue weighted by atomic mass is 35.5. The van der Waals surface area contributed by atoms with Crippen molar-refractivity contribution in [1.82, 2.24) is 15.5 Å². The van der Waals surface area contributed by atoms with E-state index in [1.54, 1.807) is 6.92 Å². The number of rotatable bonds is 3. The van der Waals surface area contributed by atoms with Crippen molar-refractivity contribution in [1.29, 1.82) is 0 Å². The third kappa shape index (κ3) is 3.13. The third-order valence-electron chi connectivity index (χ3n) is 4.71. The number of fused-ring (bicyclic) bond motifs is 1. The molecule has 0 radical (unpaired) electrons. The highest BCUT2D eigenvalue weighted by molar-refractivity contribution is 5.96. The monoisotopic (exact) mass is 319 g/mol. The molecule has 120 valence electrons. The van der Waals surface area contributed by atoms with Crippen LogP contribution in [-0.2, 0) is 9.59 Å². The lowest BCUT2D eigenvalue weighted by molar-refractivity contribution is -0.149. The Bertz CT molecular complexity index is 445. The van der Waals surface area contributed by atoms with Crippen molar-refractivity contribution < 1.29 is 19.5 Å². The first-order valence-corrected chi connectivity index (χ1v) is 6.90. The molecule has 21 heavy (non-hydrogen) atoms. The van der Waals surface area contributed by atoms with Crippen LogP contribution in [0.4, 0.5) is 4.79 Å². The van der Waals surface area contributed by atoms with Gasteiger partial charge in [0.25, 0.3) is 0 Å². The van der Waals surface area contributed by atoms with Crippen molar-refractivity contribution in [2.75, 3.05) is 20.1 Å². The van der Waals surface area contributed by atoms with Crippen LogP contribution in [0.15, 0.2) is 0 Å². The van der Waals surface area contributed by atoms with Crippen LogP contribution >= 0.6 is 12.4 Å². The number of imide groups is 1. The number of carboxylic acid groups (broad SMARTS) is 1. The van der Waals surface area contributed by atoms with Gasteiger partial charge in [-0.3, -0.25) is 19.8 Å². The van der Waals surface area contributed by atoms with Crippen LogP contribution in [0.25, 0.3) is 0 Å². The molecule has 1 saturated heterocycles. The number of amides is 3. The first-order valence-electron chi connectivity index (χ1n) is 6.90. The van der Waals surface area contributed by atoms with Gasteiger partial charge in [0.15, 0.2) is 0 Å². The molecule has 0 aromatic heterocycles. The summed E-state index contributed by atoms with van der Waals surface area (Å²) in [6.07, 6.45) is 2.50. The maximum absolute atomic E-state index is 11.9. The minimum atomic E-state index is -0.763. The highest BCUT2D eigenvalue weighted by Gasteiger charge is 2.55. The molecule has 2 fully saturated rings. The molecule has 0 bridgehead atoms. The Labute approximate surface area is 129 Å². The molecule has 0 spiro atoms. The number of aliphatic carboxylic acids is 1. The Morgan fingerprint density at radius 2 is 2.05 bits per heavy atom. The first-order chi connectivity index (χ1) is 9.40. The molecule has 2 aliphatic rings. The Kier molecular flexibility index (Phi) is 5.58. The van der Waals surface area contributed by atoms with Crippen LogP contribution in [0.3, 0.4) is 0 Å². The fourth-order valence-corrected chi connectivity index (χ4v) is 3.42. The average Bonchev–Trinajstić information content (AvgIpc) is 2.94. The van der Waals surface area contributed by atoms with Crippen LogP contribution in [0.2, 0.25) is 0 Å². The number of halogens is 1. The molecule has 1 heterocycles. The minimum absolute atomic E-state index is 0. The molecule has 8 heteroatoms. The average molecular weight is 320 g/mol. The van der Waals surface area contributed by atoms with Crippen LogP contribution < -0.4 is 10.6 Å². The SMILES string of the molecule is CNC(=O)NC(=O)C(C)N1C[C@@H]2CCC[C@@]2(C(=O)O)C1.Cl. The molecule has 1 unspecified atom stereocenters. The molecule has 3 atom stereocenters. The lowest BCUT2D eigenvalue weighted by atomic mass is 9.81.